The third-order valence-electron chi connectivity index (χ3n) is 3.84. The van der Waals surface area contributed by atoms with Crippen LogP contribution >= 0.6 is 0 Å². The molecule has 0 aromatic heterocycles. The van der Waals surface area contributed by atoms with Gasteiger partial charge in [0.05, 0.1) is 17.6 Å². The molecule has 1 aromatic carbocycles. The Bertz CT molecular complexity index is 441. The van der Waals surface area contributed by atoms with E-state index in [0.29, 0.717) is 0 Å². The Morgan fingerprint density at radius 2 is 2.00 bits per heavy atom. The van der Waals surface area contributed by atoms with Crippen LogP contribution in [0, 0.1) is 30.6 Å². The molecule has 0 spiro atoms. The number of nitriles is 1. The molecular weight excluding hydrogens is 198 g/mol. The van der Waals surface area contributed by atoms with E-state index in [1.807, 2.05) is 25.1 Å². The van der Waals surface area contributed by atoms with E-state index < -0.39 is 11.5 Å². The van der Waals surface area contributed by atoms with Crippen molar-refractivity contribution in [1.29, 1.82) is 5.26 Å². The van der Waals surface area contributed by atoms with E-state index in [2.05, 4.69) is 13.0 Å². The average Bonchev–Trinajstić information content (AvgIpc) is 2.21. The fraction of sp³-hybridized carbons (Fsp3) is 0.500. The Kier molecular flexibility index (Phi) is 2.73. The van der Waals surface area contributed by atoms with Gasteiger partial charge in [-0.15, -0.1) is 0 Å². The first-order valence-electron chi connectivity index (χ1n) is 5.75. The molecule has 0 saturated heterocycles. The molecule has 2 heteroatoms. The van der Waals surface area contributed by atoms with Gasteiger partial charge in [-0.1, -0.05) is 24.6 Å². The summed E-state index contributed by atoms with van der Waals surface area (Å²) in [6, 6.07) is 8.24. The molecule has 1 atom stereocenters. The lowest BCUT2D eigenvalue weighted by molar-refractivity contribution is 0.00791. The molecule has 2 nitrogen and oxygen atoms in total. The highest BCUT2D eigenvalue weighted by Crippen LogP contribution is 2.49. The summed E-state index contributed by atoms with van der Waals surface area (Å²) in [5, 5.41) is 19.5. The van der Waals surface area contributed by atoms with E-state index in [-0.39, 0.29) is 0 Å². The highest BCUT2D eigenvalue weighted by molar-refractivity contribution is 5.33. The maximum Gasteiger partial charge on any atom is 0.0976 e. The second-order valence-corrected chi connectivity index (χ2v) is 4.87. The first-order chi connectivity index (χ1) is 7.59. The fourth-order valence-electron chi connectivity index (χ4n) is 2.26. The monoisotopic (exact) mass is 215 g/mol. The van der Waals surface area contributed by atoms with Crippen LogP contribution in [0.15, 0.2) is 18.2 Å². The number of aliphatic hydroxyl groups is 1. The molecule has 0 amide bonds. The number of hydrogen-bond acceptors (Lipinski definition) is 2. The summed E-state index contributed by atoms with van der Waals surface area (Å²) in [5.74, 6) is 0. The smallest absolute Gasteiger partial charge is 0.0976 e. The predicted molar refractivity (Wildman–Crippen MR) is 62.8 cm³/mol. The molecule has 1 unspecified atom stereocenters. The molecule has 1 saturated carbocycles. The van der Waals surface area contributed by atoms with Gasteiger partial charge in [-0.25, -0.2) is 0 Å². The van der Waals surface area contributed by atoms with Gasteiger partial charge in [0.2, 0.25) is 0 Å². The average molecular weight is 215 g/mol. The molecule has 16 heavy (non-hydrogen) atoms. The number of aryl methyl sites for hydroxylation is 2. The maximum absolute atomic E-state index is 10.3. The number of rotatable bonds is 2. The van der Waals surface area contributed by atoms with E-state index >= 15 is 0 Å². The first kappa shape index (κ1) is 11.2. The van der Waals surface area contributed by atoms with Crippen molar-refractivity contribution in [2.45, 2.75) is 39.2 Å². The highest BCUT2D eigenvalue weighted by Gasteiger charge is 2.44. The normalized spacial score (nSPS) is 19.6. The van der Waals surface area contributed by atoms with Gasteiger partial charge in [-0.3, -0.25) is 0 Å². The summed E-state index contributed by atoms with van der Waals surface area (Å²) in [6.07, 6.45) is 2.05. The third kappa shape index (κ3) is 1.62. The summed E-state index contributed by atoms with van der Waals surface area (Å²) in [5.41, 5.74) is 2.74. The van der Waals surface area contributed by atoms with Crippen LogP contribution in [0.4, 0.5) is 0 Å². The first-order valence-corrected chi connectivity index (χ1v) is 5.75. The highest BCUT2D eigenvalue weighted by atomic mass is 16.3. The molecular formula is C14H17NO. The van der Waals surface area contributed by atoms with Crippen LogP contribution in [0.2, 0.25) is 0 Å². The fourth-order valence-corrected chi connectivity index (χ4v) is 2.26. The standard InChI is InChI=1S/C14H17NO/c1-10-4-5-12(8-11(10)2)13(16)14(9-15)6-3-7-14/h4-5,8,13,16H,3,6-7H2,1-2H3. The third-order valence-corrected chi connectivity index (χ3v) is 3.84. The summed E-state index contributed by atoms with van der Waals surface area (Å²) in [7, 11) is 0. The molecule has 0 radical (unpaired) electrons. The van der Waals surface area contributed by atoms with Crippen LogP contribution in [-0.4, -0.2) is 5.11 Å². The molecule has 1 aromatic rings. The Morgan fingerprint density at radius 3 is 2.44 bits per heavy atom. The van der Waals surface area contributed by atoms with Gasteiger partial charge in [0.15, 0.2) is 0 Å². The van der Waals surface area contributed by atoms with Gasteiger partial charge in [0.25, 0.3) is 0 Å². The van der Waals surface area contributed by atoms with E-state index in [1.54, 1.807) is 0 Å². The minimum Gasteiger partial charge on any atom is -0.387 e. The Hall–Kier alpha value is -1.33. The molecule has 0 aliphatic heterocycles. The maximum atomic E-state index is 10.3. The Balaban J connectivity index is 2.31. The zero-order valence-electron chi connectivity index (χ0n) is 9.83. The lowest BCUT2D eigenvalue weighted by atomic mass is 9.64. The molecule has 0 bridgehead atoms. The van der Waals surface area contributed by atoms with Crippen molar-refractivity contribution in [1.82, 2.24) is 0 Å². The lowest BCUT2D eigenvalue weighted by Gasteiger charge is -2.39. The molecule has 1 N–H and O–H groups in total. The zero-order valence-corrected chi connectivity index (χ0v) is 9.83. The molecule has 84 valence electrons. The number of hydrogen-bond donors (Lipinski definition) is 1. The van der Waals surface area contributed by atoms with Crippen LogP contribution < -0.4 is 0 Å². The van der Waals surface area contributed by atoms with Crippen molar-refractivity contribution in [3.05, 3.63) is 34.9 Å². The van der Waals surface area contributed by atoms with Gasteiger partial charge in [0.1, 0.15) is 0 Å². The summed E-state index contributed by atoms with van der Waals surface area (Å²) in [4.78, 5) is 0. The molecule has 1 fully saturated rings. The van der Waals surface area contributed by atoms with Crippen LogP contribution in [0.1, 0.15) is 42.1 Å². The van der Waals surface area contributed by atoms with Crippen LogP contribution in [-0.2, 0) is 0 Å². The van der Waals surface area contributed by atoms with Crippen LogP contribution in [0.25, 0.3) is 0 Å². The van der Waals surface area contributed by atoms with Crippen molar-refractivity contribution in [2.75, 3.05) is 0 Å². The Labute approximate surface area is 96.5 Å². The summed E-state index contributed by atoms with van der Waals surface area (Å²) in [6.45, 7) is 4.08. The van der Waals surface area contributed by atoms with E-state index in [4.69, 9.17) is 0 Å². The van der Waals surface area contributed by atoms with Gasteiger partial charge in [0, 0.05) is 0 Å². The van der Waals surface area contributed by atoms with Crippen LogP contribution in [0.3, 0.4) is 0 Å². The van der Waals surface area contributed by atoms with Crippen molar-refractivity contribution in [3.8, 4) is 6.07 Å². The second kappa shape index (κ2) is 3.92. The number of aliphatic hydroxyl groups excluding tert-OH is 1. The minimum absolute atomic E-state index is 0.526. The van der Waals surface area contributed by atoms with Crippen molar-refractivity contribution in [2.24, 2.45) is 5.41 Å². The predicted octanol–water partition coefficient (Wildman–Crippen LogP) is 3.03. The molecule has 2 rings (SSSR count). The van der Waals surface area contributed by atoms with Gasteiger partial charge in [-0.05, 0) is 43.4 Å². The van der Waals surface area contributed by atoms with E-state index in [1.165, 1.54) is 11.1 Å². The van der Waals surface area contributed by atoms with Crippen molar-refractivity contribution < 1.29 is 5.11 Å². The van der Waals surface area contributed by atoms with Crippen LogP contribution in [0.5, 0.6) is 0 Å². The molecule has 0 heterocycles. The van der Waals surface area contributed by atoms with Crippen molar-refractivity contribution in [3.63, 3.8) is 0 Å². The lowest BCUT2D eigenvalue weighted by Crippen LogP contribution is -2.34. The van der Waals surface area contributed by atoms with Crippen molar-refractivity contribution >= 4 is 0 Å². The topological polar surface area (TPSA) is 44.0 Å². The zero-order chi connectivity index (χ0) is 11.8. The van der Waals surface area contributed by atoms with E-state index in [0.717, 1.165) is 24.8 Å². The minimum atomic E-state index is -0.634. The number of nitrogens with zero attached hydrogens (tertiary/aromatic N) is 1. The Morgan fingerprint density at radius 1 is 1.31 bits per heavy atom. The molecule has 1 aliphatic carbocycles. The largest absolute Gasteiger partial charge is 0.387 e. The molecule has 1 aliphatic rings. The van der Waals surface area contributed by atoms with Gasteiger partial charge >= 0.3 is 0 Å². The SMILES string of the molecule is Cc1ccc(C(O)C2(C#N)CCC2)cc1C. The second-order valence-electron chi connectivity index (χ2n) is 4.87. The number of benzene rings is 1. The van der Waals surface area contributed by atoms with Gasteiger partial charge < -0.3 is 5.11 Å². The summed E-state index contributed by atoms with van der Waals surface area (Å²) >= 11 is 0. The van der Waals surface area contributed by atoms with E-state index in [9.17, 15) is 10.4 Å². The van der Waals surface area contributed by atoms with Gasteiger partial charge in [-0.2, -0.15) is 5.26 Å². The summed E-state index contributed by atoms with van der Waals surface area (Å²) < 4.78 is 0. The quantitative estimate of drug-likeness (QED) is 0.824.